The number of sulfonamides is 1. The Morgan fingerprint density at radius 1 is 1.22 bits per heavy atom. The minimum absolute atomic E-state index is 0.0609. The van der Waals surface area contributed by atoms with E-state index in [9.17, 15) is 30.8 Å². The molecule has 1 amide bonds. The Morgan fingerprint density at radius 3 is 2.44 bits per heavy atom. The lowest BCUT2D eigenvalue weighted by Gasteiger charge is -2.30. The highest BCUT2D eigenvalue weighted by Crippen LogP contribution is 2.37. The van der Waals surface area contributed by atoms with Crippen molar-refractivity contribution < 1.29 is 30.8 Å². The highest BCUT2D eigenvalue weighted by atomic mass is 32.2. The maximum atomic E-state index is 13.5. The zero-order valence-electron chi connectivity index (χ0n) is 13.8. The Bertz CT molecular complexity index is 944. The molecule has 0 aliphatic rings. The molecule has 2 rings (SSSR count). The van der Waals surface area contributed by atoms with Crippen LogP contribution in [0, 0.1) is 5.82 Å². The number of halogens is 4. The van der Waals surface area contributed by atoms with Crippen LogP contribution in [0.25, 0.3) is 0 Å². The number of carbonyl (C=O) groups excluding carboxylic acids is 1. The van der Waals surface area contributed by atoms with Gasteiger partial charge in [0.05, 0.1) is 6.54 Å². The molecular weight excluding hydrogens is 410 g/mol. The van der Waals surface area contributed by atoms with Crippen molar-refractivity contribution in [1.29, 1.82) is 0 Å². The van der Waals surface area contributed by atoms with Crippen LogP contribution in [0.2, 0.25) is 0 Å². The van der Waals surface area contributed by atoms with Gasteiger partial charge in [-0.3, -0.25) is 4.79 Å². The van der Waals surface area contributed by atoms with Gasteiger partial charge >= 0.3 is 6.18 Å². The number of benzene rings is 1. The van der Waals surface area contributed by atoms with E-state index >= 15 is 0 Å². The van der Waals surface area contributed by atoms with E-state index in [0.717, 1.165) is 29.5 Å². The van der Waals surface area contributed by atoms with Gasteiger partial charge in [-0.2, -0.15) is 13.2 Å². The molecule has 0 aliphatic carbocycles. The van der Waals surface area contributed by atoms with Crippen molar-refractivity contribution in [3.8, 4) is 0 Å². The monoisotopic (exact) mass is 425 g/mol. The molecule has 6 nitrogen and oxygen atoms in total. The van der Waals surface area contributed by atoms with Gasteiger partial charge in [-0.25, -0.2) is 17.5 Å². The van der Waals surface area contributed by atoms with Crippen LogP contribution in [0.4, 0.5) is 17.6 Å². The van der Waals surface area contributed by atoms with Gasteiger partial charge in [-0.15, -0.1) is 11.3 Å². The maximum Gasteiger partial charge on any atom is 0.419 e. The van der Waals surface area contributed by atoms with Crippen LogP contribution in [0.3, 0.4) is 0 Å². The largest absolute Gasteiger partial charge is 0.419 e. The number of rotatable bonds is 6. The Morgan fingerprint density at radius 2 is 1.89 bits per heavy atom. The minimum atomic E-state index is -5.19. The molecule has 1 atom stereocenters. The van der Waals surface area contributed by atoms with Crippen molar-refractivity contribution in [2.75, 3.05) is 7.05 Å². The lowest BCUT2D eigenvalue weighted by atomic mass is 9.89. The first-order chi connectivity index (χ1) is 12.4. The van der Waals surface area contributed by atoms with E-state index in [1.54, 1.807) is 0 Å². The molecule has 0 fully saturated rings. The van der Waals surface area contributed by atoms with Gasteiger partial charge in [-0.05, 0) is 36.9 Å². The minimum Gasteiger partial charge on any atom is -0.349 e. The molecule has 2 aromatic rings. The van der Waals surface area contributed by atoms with Gasteiger partial charge in [0.15, 0.2) is 0 Å². The molecule has 27 heavy (non-hydrogen) atoms. The quantitative estimate of drug-likeness (QED) is 0.615. The first-order valence-corrected chi connectivity index (χ1v) is 9.64. The standard InChI is InChI=1S/C15H15F4N3O3S2/c1-21-27(24,25)12-6-5-11(26-12)8-22-13(23)14(20,15(17,18)19)9-3-2-4-10(16)7-9/h2-7,21H,8,20H2,1H3,(H,22,23)/t14-/m1/s1. The fourth-order valence-electron chi connectivity index (χ4n) is 2.16. The highest BCUT2D eigenvalue weighted by molar-refractivity contribution is 7.91. The van der Waals surface area contributed by atoms with Crippen LogP contribution < -0.4 is 15.8 Å². The van der Waals surface area contributed by atoms with Crippen LogP contribution in [-0.4, -0.2) is 27.5 Å². The molecule has 0 saturated heterocycles. The molecule has 0 saturated carbocycles. The smallest absolute Gasteiger partial charge is 0.349 e. The van der Waals surface area contributed by atoms with Crippen molar-refractivity contribution >= 4 is 27.3 Å². The van der Waals surface area contributed by atoms with E-state index in [-0.39, 0.29) is 10.8 Å². The molecule has 0 radical (unpaired) electrons. The third kappa shape index (κ3) is 4.29. The molecule has 0 spiro atoms. The number of alkyl halides is 3. The van der Waals surface area contributed by atoms with Crippen LogP contribution in [-0.2, 0) is 26.9 Å². The van der Waals surface area contributed by atoms with Crippen LogP contribution in [0.5, 0.6) is 0 Å². The van der Waals surface area contributed by atoms with Crippen molar-refractivity contribution in [2.24, 2.45) is 5.73 Å². The highest BCUT2D eigenvalue weighted by Gasteiger charge is 2.59. The summed E-state index contributed by atoms with van der Waals surface area (Å²) in [5, 5.41) is 2.04. The number of hydrogen-bond acceptors (Lipinski definition) is 5. The number of nitrogens with one attached hydrogen (secondary N) is 2. The second-order valence-corrected chi connectivity index (χ2v) is 8.71. The number of hydrogen-bond donors (Lipinski definition) is 3. The topological polar surface area (TPSA) is 101 Å². The predicted octanol–water partition coefficient (Wildman–Crippen LogP) is 1.83. The first kappa shape index (κ1) is 21.3. The molecule has 0 bridgehead atoms. The summed E-state index contributed by atoms with van der Waals surface area (Å²) in [4.78, 5) is 12.5. The van der Waals surface area contributed by atoms with Gasteiger partial charge < -0.3 is 11.1 Å². The summed E-state index contributed by atoms with van der Waals surface area (Å²) in [6.45, 7) is -0.382. The number of carbonyl (C=O) groups is 1. The van der Waals surface area contributed by atoms with Crippen LogP contribution in [0.1, 0.15) is 10.4 Å². The van der Waals surface area contributed by atoms with Gasteiger partial charge in [0.2, 0.25) is 15.6 Å². The second kappa shape index (κ2) is 7.54. The van der Waals surface area contributed by atoms with Gasteiger partial charge in [0, 0.05) is 4.88 Å². The van der Waals surface area contributed by atoms with Crippen LogP contribution >= 0.6 is 11.3 Å². The average Bonchev–Trinajstić information content (AvgIpc) is 3.07. The molecule has 1 heterocycles. The summed E-state index contributed by atoms with van der Waals surface area (Å²) in [7, 11) is -2.50. The number of amides is 1. The molecular formula is C15H15F4N3O3S2. The molecule has 12 heteroatoms. The summed E-state index contributed by atoms with van der Waals surface area (Å²) >= 11 is 0.776. The lowest BCUT2D eigenvalue weighted by Crippen LogP contribution is -2.60. The Hall–Kier alpha value is -2.02. The maximum absolute atomic E-state index is 13.5. The fourth-order valence-corrected chi connectivity index (χ4v) is 4.30. The van der Waals surface area contributed by atoms with E-state index in [4.69, 9.17) is 5.73 Å². The molecule has 4 N–H and O–H groups in total. The van der Waals surface area contributed by atoms with E-state index in [0.29, 0.717) is 10.9 Å². The van der Waals surface area contributed by atoms with Crippen molar-refractivity contribution in [2.45, 2.75) is 22.5 Å². The molecule has 1 aromatic heterocycles. The number of thiophene rings is 1. The zero-order chi connectivity index (χ0) is 20.5. The summed E-state index contributed by atoms with van der Waals surface area (Å²) in [6, 6.07) is 5.98. The Balaban J connectivity index is 2.26. The lowest BCUT2D eigenvalue weighted by molar-refractivity contribution is -0.194. The summed E-state index contributed by atoms with van der Waals surface area (Å²) in [6.07, 6.45) is -5.19. The van der Waals surface area contributed by atoms with Gasteiger partial charge in [0.1, 0.15) is 10.0 Å². The molecule has 0 aliphatic heterocycles. The summed E-state index contributed by atoms with van der Waals surface area (Å²) in [5.41, 5.74) is 1.14. The molecule has 1 aromatic carbocycles. The van der Waals surface area contributed by atoms with E-state index in [1.165, 1.54) is 19.2 Å². The Kier molecular flexibility index (Phi) is 5.94. The predicted molar refractivity (Wildman–Crippen MR) is 90.7 cm³/mol. The van der Waals surface area contributed by atoms with Crippen molar-refractivity contribution in [3.63, 3.8) is 0 Å². The third-order valence-corrected chi connectivity index (χ3v) is 6.67. The SMILES string of the molecule is CNS(=O)(=O)c1ccc(CNC(=O)[C@](N)(c2cccc(F)c2)C(F)(F)F)s1. The zero-order valence-corrected chi connectivity index (χ0v) is 15.4. The van der Waals surface area contributed by atoms with Gasteiger partial charge in [0.25, 0.3) is 5.91 Å². The number of nitrogens with two attached hydrogens (primary N) is 1. The Labute approximate surface area is 156 Å². The first-order valence-electron chi connectivity index (χ1n) is 7.34. The van der Waals surface area contributed by atoms with Crippen molar-refractivity contribution in [3.05, 3.63) is 52.7 Å². The third-order valence-electron chi connectivity index (χ3n) is 3.68. The second-order valence-electron chi connectivity index (χ2n) is 5.43. The van der Waals surface area contributed by atoms with Gasteiger partial charge in [-0.1, -0.05) is 12.1 Å². The van der Waals surface area contributed by atoms with E-state index < -0.39 is 39.0 Å². The van der Waals surface area contributed by atoms with E-state index in [2.05, 4.69) is 4.72 Å². The fraction of sp³-hybridized carbons (Fsp3) is 0.267. The summed E-state index contributed by atoms with van der Waals surface area (Å²) < 4.78 is 79.2. The van der Waals surface area contributed by atoms with Crippen LogP contribution in [0.15, 0.2) is 40.6 Å². The molecule has 0 unspecified atom stereocenters. The normalized spacial score (nSPS) is 14.6. The van der Waals surface area contributed by atoms with Crippen molar-refractivity contribution in [1.82, 2.24) is 10.0 Å². The molecule has 148 valence electrons. The van der Waals surface area contributed by atoms with E-state index in [1.807, 2.05) is 5.32 Å². The average molecular weight is 425 g/mol. The summed E-state index contributed by atoms with van der Waals surface area (Å²) in [5.74, 6) is -2.56.